The summed E-state index contributed by atoms with van der Waals surface area (Å²) in [7, 11) is 0. The fourth-order valence-electron chi connectivity index (χ4n) is 5.80. The molecule has 0 rings (SSSR count). The third-order valence-electron chi connectivity index (χ3n) is 8.75. The van der Waals surface area contributed by atoms with E-state index in [0.29, 0.717) is 6.42 Å². The second-order valence-electron chi connectivity index (χ2n) is 13.4. The molecule has 276 valence electrons. The van der Waals surface area contributed by atoms with Gasteiger partial charge in [0, 0.05) is 12.8 Å². The SMILES string of the molecule is CC/C=C\C/C=C\C/C=C\C/C=C\C/C=C\CCCCCCCC(=O)OC(CCCCCCCCCC)CCCCCCCCC(=O)O. The van der Waals surface area contributed by atoms with Gasteiger partial charge in [-0.25, -0.2) is 0 Å². The topological polar surface area (TPSA) is 63.6 Å². The number of hydrogen-bond donors (Lipinski definition) is 1. The minimum Gasteiger partial charge on any atom is -0.481 e. The van der Waals surface area contributed by atoms with Crippen molar-refractivity contribution in [3.05, 3.63) is 60.8 Å². The maximum Gasteiger partial charge on any atom is 0.306 e. The Balaban J connectivity index is 4.00. The Morgan fingerprint density at radius 2 is 0.875 bits per heavy atom. The molecule has 4 nitrogen and oxygen atoms in total. The Bertz CT molecular complexity index is 850. The molecule has 0 aromatic rings. The number of rotatable bonds is 36. The van der Waals surface area contributed by atoms with E-state index in [1.165, 1.54) is 64.2 Å². The van der Waals surface area contributed by atoms with E-state index >= 15 is 0 Å². The molecule has 0 saturated carbocycles. The van der Waals surface area contributed by atoms with E-state index < -0.39 is 5.97 Å². The standard InChI is InChI=1S/C44H76O4/c1-3-5-7-9-11-13-14-15-16-17-18-19-20-21-22-23-24-25-27-33-37-41-44(47)48-42(38-34-30-26-12-10-8-6-4-2)39-35-31-28-29-32-36-40-43(45)46/h5,7,11,13,15-16,18-19,21-22,42H,3-4,6,8-10,12,14,17,20,23-41H2,1-2H3,(H,45,46)/b7-5-,13-11-,16-15-,19-18-,22-21-. The number of ether oxygens (including phenoxy) is 1. The van der Waals surface area contributed by atoms with Crippen LogP contribution in [0.5, 0.6) is 0 Å². The molecule has 0 aliphatic heterocycles. The maximum absolute atomic E-state index is 12.7. The van der Waals surface area contributed by atoms with Crippen molar-refractivity contribution in [1.29, 1.82) is 0 Å². The summed E-state index contributed by atoms with van der Waals surface area (Å²) < 4.78 is 6.00. The van der Waals surface area contributed by atoms with Gasteiger partial charge in [-0.1, -0.05) is 164 Å². The van der Waals surface area contributed by atoms with Crippen LogP contribution in [0, 0.1) is 0 Å². The number of unbranched alkanes of at least 4 members (excludes halogenated alkanes) is 17. The van der Waals surface area contributed by atoms with E-state index in [-0.39, 0.29) is 18.5 Å². The molecule has 48 heavy (non-hydrogen) atoms. The minimum absolute atomic E-state index is 0.00739. The molecule has 1 unspecified atom stereocenters. The predicted octanol–water partition coefficient (Wildman–Crippen LogP) is 14.1. The highest BCUT2D eigenvalue weighted by atomic mass is 16.5. The lowest BCUT2D eigenvalue weighted by atomic mass is 10.0. The van der Waals surface area contributed by atoms with Crippen LogP contribution in [0.3, 0.4) is 0 Å². The van der Waals surface area contributed by atoms with Gasteiger partial charge < -0.3 is 9.84 Å². The van der Waals surface area contributed by atoms with Gasteiger partial charge in [0.15, 0.2) is 0 Å². The molecule has 0 aliphatic carbocycles. The zero-order valence-electron chi connectivity index (χ0n) is 31.5. The summed E-state index contributed by atoms with van der Waals surface area (Å²) in [6.45, 7) is 4.42. The van der Waals surface area contributed by atoms with Gasteiger partial charge >= 0.3 is 11.9 Å². The van der Waals surface area contributed by atoms with Crippen molar-refractivity contribution in [2.45, 2.75) is 206 Å². The van der Waals surface area contributed by atoms with Crippen molar-refractivity contribution >= 4 is 11.9 Å². The molecule has 0 saturated heterocycles. The number of carbonyl (C=O) groups is 2. The van der Waals surface area contributed by atoms with Gasteiger partial charge in [-0.15, -0.1) is 0 Å². The van der Waals surface area contributed by atoms with Crippen LogP contribution in [-0.2, 0) is 14.3 Å². The number of allylic oxidation sites excluding steroid dienone is 10. The van der Waals surface area contributed by atoms with Crippen LogP contribution in [0.15, 0.2) is 60.8 Å². The van der Waals surface area contributed by atoms with Crippen LogP contribution < -0.4 is 0 Å². The molecule has 4 heteroatoms. The molecule has 0 fully saturated rings. The molecular weight excluding hydrogens is 592 g/mol. The molecule has 0 spiro atoms. The van der Waals surface area contributed by atoms with Crippen molar-refractivity contribution < 1.29 is 19.4 Å². The molecular formula is C44H76O4. The highest BCUT2D eigenvalue weighted by Crippen LogP contribution is 2.19. The fourth-order valence-corrected chi connectivity index (χ4v) is 5.80. The molecule has 0 amide bonds. The normalized spacial score (nSPS) is 12.9. The van der Waals surface area contributed by atoms with Crippen molar-refractivity contribution in [2.24, 2.45) is 0 Å². The number of carboxylic acids is 1. The summed E-state index contributed by atoms with van der Waals surface area (Å²) in [5.74, 6) is -0.704. The Labute approximate surface area is 297 Å². The highest BCUT2D eigenvalue weighted by molar-refractivity contribution is 5.69. The third-order valence-corrected chi connectivity index (χ3v) is 8.75. The van der Waals surface area contributed by atoms with Crippen molar-refractivity contribution in [2.75, 3.05) is 0 Å². The number of carbonyl (C=O) groups excluding carboxylic acids is 1. The smallest absolute Gasteiger partial charge is 0.306 e. The average Bonchev–Trinajstić information content (AvgIpc) is 3.07. The summed E-state index contributed by atoms with van der Waals surface area (Å²) in [5.41, 5.74) is 0. The molecule has 0 radical (unpaired) electrons. The van der Waals surface area contributed by atoms with E-state index in [2.05, 4.69) is 74.6 Å². The first-order valence-electron chi connectivity index (χ1n) is 20.3. The van der Waals surface area contributed by atoms with E-state index in [1.807, 2.05) is 0 Å². The van der Waals surface area contributed by atoms with Gasteiger partial charge in [0.25, 0.3) is 0 Å². The first kappa shape index (κ1) is 45.6. The molecule has 0 aromatic heterocycles. The number of aliphatic carboxylic acids is 1. The summed E-state index contributed by atoms with van der Waals surface area (Å²) >= 11 is 0. The van der Waals surface area contributed by atoms with E-state index in [4.69, 9.17) is 9.84 Å². The maximum atomic E-state index is 12.7. The van der Waals surface area contributed by atoms with Crippen LogP contribution >= 0.6 is 0 Å². The lowest BCUT2D eigenvalue weighted by Gasteiger charge is -2.18. The van der Waals surface area contributed by atoms with Crippen LogP contribution in [0.25, 0.3) is 0 Å². The van der Waals surface area contributed by atoms with Crippen molar-refractivity contribution in [3.63, 3.8) is 0 Å². The van der Waals surface area contributed by atoms with Crippen LogP contribution in [0.4, 0.5) is 0 Å². The van der Waals surface area contributed by atoms with Gasteiger partial charge in [-0.2, -0.15) is 0 Å². The van der Waals surface area contributed by atoms with Gasteiger partial charge in [0.1, 0.15) is 6.10 Å². The third kappa shape index (κ3) is 38.1. The largest absolute Gasteiger partial charge is 0.481 e. The molecule has 1 N–H and O–H groups in total. The lowest BCUT2D eigenvalue weighted by molar-refractivity contribution is -0.150. The highest BCUT2D eigenvalue weighted by Gasteiger charge is 2.14. The summed E-state index contributed by atoms with van der Waals surface area (Å²) in [4.78, 5) is 23.3. The lowest BCUT2D eigenvalue weighted by Crippen LogP contribution is -2.18. The van der Waals surface area contributed by atoms with Crippen molar-refractivity contribution in [1.82, 2.24) is 0 Å². The van der Waals surface area contributed by atoms with Crippen LogP contribution in [0.1, 0.15) is 200 Å². The van der Waals surface area contributed by atoms with Gasteiger partial charge in [-0.05, 0) is 83.5 Å². The summed E-state index contributed by atoms with van der Waals surface area (Å²) in [5, 5.41) is 8.78. The molecule has 0 aromatic carbocycles. The first-order chi connectivity index (χ1) is 23.6. The Kier molecular flexibility index (Phi) is 37.2. The average molecular weight is 669 g/mol. The number of carboxylic acid groups (broad SMARTS) is 1. The Hall–Kier alpha value is -2.36. The quantitative estimate of drug-likeness (QED) is 0.0410. The van der Waals surface area contributed by atoms with Crippen LogP contribution in [-0.4, -0.2) is 23.1 Å². The predicted molar refractivity (Wildman–Crippen MR) is 208 cm³/mol. The molecule has 1 atom stereocenters. The second-order valence-corrected chi connectivity index (χ2v) is 13.4. The molecule has 0 aliphatic rings. The zero-order valence-corrected chi connectivity index (χ0v) is 31.5. The first-order valence-corrected chi connectivity index (χ1v) is 20.3. The van der Waals surface area contributed by atoms with Crippen molar-refractivity contribution in [3.8, 4) is 0 Å². The summed E-state index contributed by atoms with van der Waals surface area (Å²) in [6.07, 6.45) is 53.8. The Morgan fingerprint density at radius 3 is 1.35 bits per heavy atom. The fraction of sp³-hybridized carbons (Fsp3) is 0.727. The van der Waals surface area contributed by atoms with Gasteiger partial charge in [-0.3, -0.25) is 9.59 Å². The number of esters is 1. The number of hydrogen-bond acceptors (Lipinski definition) is 3. The zero-order chi connectivity index (χ0) is 35.0. The molecule has 0 heterocycles. The van der Waals surface area contributed by atoms with E-state index in [1.54, 1.807) is 0 Å². The Morgan fingerprint density at radius 1 is 0.479 bits per heavy atom. The van der Waals surface area contributed by atoms with Crippen LogP contribution in [0.2, 0.25) is 0 Å². The minimum atomic E-state index is -0.696. The summed E-state index contributed by atoms with van der Waals surface area (Å²) in [6, 6.07) is 0. The van der Waals surface area contributed by atoms with E-state index in [9.17, 15) is 9.59 Å². The van der Waals surface area contributed by atoms with Gasteiger partial charge in [0.2, 0.25) is 0 Å². The second kappa shape index (κ2) is 39.1. The van der Waals surface area contributed by atoms with E-state index in [0.717, 1.165) is 109 Å². The van der Waals surface area contributed by atoms with Gasteiger partial charge in [0.05, 0.1) is 0 Å². The monoisotopic (exact) mass is 669 g/mol. The molecule has 0 bridgehead atoms.